The lowest BCUT2D eigenvalue weighted by Gasteiger charge is -2.32. The highest BCUT2D eigenvalue weighted by Crippen LogP contribution is 2.04. The molecule has 2 rings (SSSR count). The molecule has 1 aromatic heterocycles. The standard InChI is InChI=1S/C11H20N4O/c1-12-9-11-10-14(7-8-16-11)5-6-15-4-2-3-13-15/h2-4,11-12H,5-10H2,1H3. The summed E-state index contributed by atoms with van der Waals surface area (Å²) in [4.78, 5) is 2.44. The van der Waals surface area contributed by atoms with E-state index in [-0.39, 0.29) is 0 Å². The number of rotatable bonds is 5. The molecule has 0 spiro atoms. The summed E-state index contributed by atoms with van der Waals surface area (Å²) in [5.74, 6) is 0. The van der Waals surface area contributed by atoms with Crippen LogP contribution in [-0.4, -0.2) is 60.6 Å². The van der Waals surface area contributed by atoms with Crippen LogP contribution in [0.15, 0.2) is 18.5 Å². The van der Waals surface area contributed by atoms with Crippen molar-refractivity contribution in [3.8, 4) is 0 Å². The first-order chi connectivity index (χ1) is 7.88. The van der Waals surface area contributed by atoms with Crippen molar-refractivity contribution in [3.63, 3.8) is 0 Å². The molecule has 90 valence electrons. The SMILES string of the molecule is CNCC1CN(CCn2cccn2)CCO1. The minimum absolute atomic E-state index is 0.330. The molecule has 5 nitrogen and oxygen atoms in total. The second-order valence-electron chi connectivity index (χ2n) is 4.12. The molecule has 0 radical (unpaired) electrons. The molecular formula is C11H20N4O. The van der Waals surface area contributed by atoms with Crippen LogP contribution in [-0.2, 0) is 11.3 Å². The van der Waals surface area contributed by atoms with E-state index in [0.717, 1.165) is 39.3 Å². The monoisotopic (exact) mass is 224 g/mol. The third-order valence-electron chi connectivity index (χ3n) is 2.86. The largest absolute Gasteiger partial charge is 0.374 e. The quantitative estimate of drug-likeness (QED) is 0.752. The molecule has 1 fully saturated rings. The van der Waals surface area contributed by atoms with Crippen LogP contribution in [0.1, 0.15) is 0 Å². The first kappa shape index (κ1) is 11.6. The van der Waals surface area contributed by atoms with Gasteiger partial charge in [-0.15, -0.1) is 0 Å². The highest BCUT2D eigenvalue weighted by Gasteiger charge is 2.19. The van der Waals surface area contributed by atoms with Gasteiger partial charge in [0.1, 0.15) is 0 Å². The molecule has 2 heterocycles. The lowest BCUT2D eigenvalue weighted by molar-refractivity contribution is -0.0273. The second kappa shape index (κ2) is 5.98. The summed E-state index contributed by atoms with van der Waals surface area (Å²) in [5.41, 5.74) is 0. The average Bonchev–Trinajstić information content (AvgIpc) is 2.80. The number of nitrogens with one attached hydrogen (secondary N) is 1. The molecule has 1 unspecified atom stereocenters. The molecular weight excluding hydrogens is 204 g/mol. The molecule has 1 saturated heterocycles. The Hall–Kier alpha value is -0.910. The van der Waals surface area contributed by atoms with E-state index in [1.54, 1.807) is 0 Å². The first-order valence-corrected chi connectivity index (χ1v) is 5.84. The third kappa shape index (κ3) is 3.30. The second-order valence-corrected chi connectivity index (χ2v) is 4.12. The third-order valence-corrected chi connectivity index (χ3v) is 2.86. The van der Waals surface area contributed by atoms with Gasteiger partial charge in [0.25, 0.3) is 0 Å². The van der Waals surface area contributed by atoms with Gasteiger partial charge < -0.3 is 10.1 Å². The fourth-order valence-electron chi connectivity index (χ4n) is 2.01. The predicted molar refractivity (Wildman–Crippen MR) is 62.3 cm³/mol. The van der Waals surface area contributed by atoms with Crippen LogP contribution in [0.3, 0.4) is 0 Å². The maximum atomic E-state index is 5.66. The minimum atomic E-state index is 0.330. The number of likely N-dealkylation sites (N-methyl/N-ethyl adjacent to an activating group) is 1. The van der Waals surface area contributed by atoms with E-state index in [9.17, 15) is 0 Å². The normalized spacial score (nSPS) is 22.4. The maximum absolute atomic E-state index is 5.66. The minimum Gasteiger partial charge on any atom is -0.374 e. The first-order valence-electron chi connectivity index (χ1n) is 5.84. The van der Waals surface area contributed by atoms with Gasteiger partial charge in [-0.3, -0.25) is 9.58 Å². The lowest BCUT2D eigenvalue weighted by atomic mass is 10.2. The molecule has 0 aliphatic carbocycles. The van der Waals surface area contributed by atoms with E-state index in [0.29, 0.717) is 6.10 Å². The summed E-state index contributed by atoms with van der Waals surface area (Å²) in [7, 11) is 1.96. The molecule has 0 saturated carbocycles. The Labute approximate surface area is 96.4 Å². The van der Waals surface area contributed by atoms with Crippen molar-refractivity contribution in [2.45, 2.75) is 12.6 Å². The number of ether oxygens (including phenoxy) is 1. The maximum Gasteiger partial charge on any atom is 0.0826 e. The number of morpholine rings is 1. The van der Waals surface area contributed by atoms with Gasteiger partial charge >= 0.3 is 0 Å². The molecule has 16 heavy (non-hydrogen) atoms. The van der Waals surface area contributed by atoms with E-state index in [1.807, 2.05) is 30.2 Å². The Kier molecular flexibility index (Phi) is 4.33. The fraction of sp³-hybridized carbons (Fsp3) is 0.727. The van der Waals surface area contributed by atoms with Gasteiger partial charge in [0.15, 0.2) is 0 Å². The van der Waals surface area contributed by atoms with E-state index in [2.05, 4.69) is 15.3 Å². The zero-order valence-corrected chi connectivity index (χ0v) is 9.80. The molecule has 1 N–H and O–H groups in total. The highest BCUT2D eigenvalue weighted by atomic mass is 16.5. The summed E-state index contributed by atoms with van der Waals surface area (Å²) >= 11 is 0. The van der Waals surface area contributed by atoms with Crippen LogP contribution in [0.2, 0.25) is 0 Å². The van der Waals surface area contributed by atoms with Gasteiger partial charge in [-0.1, -0.05) is 0 Å². The van der Waals surface area contributed by atoms with Crippen molar-refractivity contribution in [3.05, 3.63) is 18.5 Å². The van der Waals surface area contributed by atoms with Crippen LogP contribution in [0.4, 0.5) is 0 Å². The smallest absolute Gasteiger partial charge is 0.0826 e. The lowest BCUT2D eigenvalue weighted by Crippen LogP contribution is -2.47. The molecule has 0 aromatic carbocycles. The highest BCUT2D eigenvalue weighted by molar-refractivity contribution is 4.79. The van der Waals surface area contributed by atoms with Gasteiger partial charge in [-0.2, -0.15) is 5.10 Å². The summed E-state index contributed by atoms with van der Waals surface area (Å²) in [6.45, 7) is 5.82. The van der Waals surface area contributed by atoms with Crippen molar-refractivity contribution in [2.75, 3.05) is 39.8 Å². The molecule has 1 atom stereocenters. The zero-order chi connectivity index (χ0) is 11.2. The van der Waals surface area contributed by atoms with Gasteiger partial charge in [0.2, 0.25) is 0 Å². The van der Waals surface area contributed by atoms with Gasteiger partial charge in [0, 0.05) is 38.6 Å². The van der Waals surface area contributed by atoms with Crippen LogP contribution in [0.5, 0.6) is 0 Å². The van der Waals surface area contributed by atoms with Crippen LogP contribution in [0, 0.1) is 0 Å². The predicted octanol–water partition coefficient (Wildman–Crippen LogP) is -0.197. The average molecular weight is 224 g/mol. The number of hydrogen-bond donors (Lipinski definition) is 1. The van der Waals surface area contributed by atoms with E-state index >= 15 is 0 Å². The Morgan fingerprint density at radius 3 is 3.19 bits per heavy atom. The van der Waals surface area contributed by atoms with Crippen molar-refractivity contribution in [1.29, 1.82) is 0 Å². The summed E-state index contributed by atoms with van der Waals surface area (Å²) in [6.07, 6.45) is 4.16. The Balaban J connectivity index is 1.72. The van der Waals surface area contributed by atoms with Gasteiger partial charge in [-0.25, -0.2) is 0 Å². The number of aromatic nitrogens is 2. The van der Waals surface area contributed by atoms with Crippen LogP contribution >= 0.6 is 0 Å². The molecule has 0 bridgehead atoms. The Morgan fingerprint density at radius 1 is 1.50 bits per heavy atom. The van der Waals surface area contributed by atoms with Crippen molar-refractivity contribution in [2.24, 2.45) is 0 Å². The van der Waals surface area contributed by atoms with Gasteiger partial charge in [0.05, 0.1) is 19.3 Å². The van der Waals surface area contributed by atoms with Crippen molar-refractivity contribution < 1.29 is 4.74 Å². The zero-order valence-electron chi connectivity index (χ0n) is 9.80. The topological polar surface area (TPSA) is 42.3 Å². The summed E-state index contributed by atoms with van der Waals surface area (Å²) in [5, 5.41) is 7.36. The van der Waals surface area contributed by atoms with E-state index < -0.39 is 0 Å². The molecule has 1 aliphatic heterocycles. The van der Waals surface area contributed by atoms with E-state index in [4.69, 9.17) is 4.74 Å². The molecule has 0 amide bonds. The Bertz CT molecular complexity index is 286. The Morgan fingerprint density at radius 2 is 2.44 bits per heavy atom. The molecule has 1 aromatic rings. The van der Waals surface area contributed by atoms with E-state index in [1.165, 1.54) is 0 Å². The molecule has 5 heteroatoms. The van der Waals surface area contributed by atoms with Gasteiger partial charge in [-0.05, 0) is 13.1 Å². The summed E-state index contributed by atoms with van der Waals surface area (Å²) < 4.78 is 7.63. The number of hydrogen-bond acceptors (Lipinski definition) is 4. The van der Waals surface area contributed by atoms with Crippen LogP contribution in [0.25, 0.3) is 0 Å². The molecule has 1 aliphatic rings. The summed E-state index contributed by atoms with van der Waals surface area (Å²) in [6, 6.07) is 1.96. The van der Waals surface area contributed by atoms with Crippen molar-refractivity contribution >= 4 is 0 Å². The fourth-order valence-corrected chi connectivity index (χ4v) is 2.01. The number of nitrogens with zero attached hydrogens (tertiary/aromatic N) is 3. The van der Waals surface area contributed by atoms with Crippen molar-refractivity contribution in [1.82, 2.24) is 20.0 Å². The van der Waals surface area contributed by atoms with Crippen LogP contribution < -0.4 is 5.32 Å².